The third-order valence-electron chi connectivity index (χ3n) is 6.11. The molecule has 3 N–H and O–H groups in total. The molecule has 176 valence electrons. The zero-order valence-corrected chi connectivity index (χ0v) is 19.7. The standard InChI is InChI=1S/C23H37N7O2/c1-5-17(6-2)20(30-11-13-32-14-12-30)15-25-23(24-3)26-16-21-27-22(29-28-21)18-7-9-19(31-4)10-8-18/h7-10,17,20H,5-6,11-16H2,1-4H3,(H2,24,25,26)(H,27,28,29). The number of aromatic amines is 1. The molecule has 9 nitrogen and oxygen atoms in total. The number of aromatic nitrogens is 3. The minimum absolute atomic E-state index is 0.458. The molecule has 0 bridgehead atoms. The number of morpholine rings is 1. The maximum absolute atomic E-state index is 5.56. The summed E-state index contributed by atoms with van der Waals surface area (Å²) >= 11 is 0. The van der Waals surface area contributed by atoms with Gasteiger partial charge in [0.1, 0.15) is 11.6 Å². The third kappa shape index (κ3) is 6.43. The highest BCUT2D eigenvalue weighted by molar-refractivity contribution is 5.79. The van der Waals surface area contributed by atoms with Crippen LogP contribution in [0.2, 0.25) is 0 Å². The Morgan fingerprint density at radius 1 is 1.19 bits per heavy atom. The Labute approximate surface area is 191 Å². The molecule has 1 unspecified atom stereocenters. The van der Waals surface area contributed by atoms with Crippen molar-refractivity contribution in [1.82, 2.24) is 30.7 Å². The zero-order valence-electron chi connectivity index (χ0n) is 19.7. The quantitative estimate of drug-likeness (QED) is 0.383. The average Bonchev–Trinajstić information content (AvgIpc) is 3.33. The van der Waals surface area contributed by atoms with Crippen LogP contribution in [0, 0.1) is 5.92 Å². The molecule has 1 atom stereocenters. The van der Waals surface area contributed by atoms with E-state index in [0.29, 0.717) is 24.3 Å². The van der Waals surface area contributed by atoms with Gasteiger partial charge in [-0.1, -0.05) is 26.7 Å². The Bertz CT molecular complexity index is 827. The highest BCUT2D eigenvalue weighted by Gasteiger charge is 2.27. The maximum atomic E-state index is 5.56. The lowest BCUT2D eigenvalue weighted by Gasteiger charge is -2.39. The van der Waals surface area contributed by atoms with E-state index in [1.807, 2.05) is 24.3 Å². The smallest absolute Gasteiger partial charge is 0.191 e. The fraction of sp³-hybridized carbons (Fsp3) is 0.609. The van der Waals surface area contributed by atoms with Crippen LogP contribution in [0.3, 0.4) is 0 Å². The zero-order chi connectivity index (χ0) is 22.8. The molecule has 0 amide bonds. The number of aliphatic imine (C=N–C) groups is 1. The second kappa shape index (κ2) is 12.4. The van der Waals surface area contributed by atoms with Crippen molar-refractivity contribution in [3.63, 3.8) is 0 Å². The van der Waals surface area contributed by atoms with Gasteiger partial charge >= 0.3 is 0 Å². The number of rotatable bonds is 10. The number of hydrogen-bond acceptors (Lipinski definition) is 6. The van der Waals surface area contributed by atoms with E-state index in [1.54, 1.807) is 14.2 Å². The molecule has 0 aliphatic carbocycles. The number of methoxy groups -OCH3 is 1. The highest BCUT2D eigenvalue weighted by atomic mass is 16.5. The topological polar surface area (TPSA) is 99.7 Å². The summed E-state index contributed by atoms with van der Waals surface area (Å²) in [4.78, 5) is 11.5. The van der Waals surface area contributed by atoms with Crippen LogP contribution in [0.25, 0.3) is 11.4 Å². The van der Waals surface area contributed by atoms with Crippen molar-refractivity contribution in [3.8, 4) is 17.1 Å². The van der Waals surface area contributed by atoms with Crippen LogP contribution in [0.4, 0.5) is 0 Å². The average molecular weight is 444 g/mol. The van der Waals surface area contributed by atoms with Crippen LogP contribution in [0.5, 0.6) is 5.75 Å². The number of ether oxygens (including phenoxy) is 2. The van der Waals surface area contributed by atoms with Gasteiger partial charge in [0.05, 0.1) is 26.9 Å². The first-order chi connectivity index (χ1) is 15.7. The van der Waals surface area contributed by atoms with Gasteiger partial charge in [-0.3, -0.25) is 15.0 Å². The van der Waals surface area contributed by atoms with Gasteiger partial charge in [0.15, 0.2) is 11.8 Å². The fourth-order valence-electron chi connectivity index (χ4n) is 4.17. The van der Waals surface area contributed by atoms with E-state index in [-0.39, 0.29) is 0 Å². The largest absolute Gasteiger partial charge is 0.497 e. The second-order valence-electron chi connectivity index (χ2n) is 7.93. The highest BCUT2D eigenvalue weighted by Crippen LogP contribution is 2.20. The SMILES string of the molecule is CCC(CC)C(CNC(=NC)NCc1nc(-c2ccc(OC)cc2)n[nH]1)N1CCOCC1. The summed E-state index contributed by atoms with van der Waals surface area (Å²) in [5, 5.41) is 14.2. The molecule has 1 aromatic carbocycles. The van der Waals surface area contributed by atoms with E-state index in [0.717, 1.165) is 55.9 Å². The molecule has 1 fully saturated rings. The molecule has 1 aliphatic heterocycles. The van der Waals surface area contributed by atoms with E-state index in [4.69, 9.17) is 9.47 Å². The van der Waals surface area contributed by atoms with E-state index in [1.165, 1.54) is 12.8 Å². The molecule has 0 spiro atoms. The van der Waals surface area contributed by atoms with Crippen molar-refractivity contribution >= 4 is 5.96 Å². The van der Waals surface area contributed by atoms with Crippen molar-refractivity contribution < 1.29 is 9.47 Å². The number of H-pyrrole nitrogens is 1. The van der Waals surface area contributed by atoms with Gasteiger partial charge in [0.2, 0.25) is 0 Å². The molecule has 1 aliphatic rings. The van der Waals surface area contributed by atoms with Gasteiger partial charge in [0, 0.05) is 38.3 Å². The predicted molar refractivity (Wildman–Crippen MR) is 127 cm³/mol. The lowest BCUT2D eigenvalue weighted by atomic mass is 9.92. The monoisotopic (exact) mass is 443 g/mol. The third-order valence-corrected chi connectivity index (χ3v) is 6.11. The van der Waals surface area contributed by atoms with Crippen LogP contribution in [-0.2, 0) is 11.3 Å². The molecule has 1 aromatic heterocycles. The number of hydrogen-bond donors (Lipinski definition) is 3. The van der Waals surface area contributed by atoms with Crippen LogP contribution in [-0.4, -0.2) is 79.1 Å². The van der Waals surface area contributed by atoms with Gasteiger partial charge in [-0.25, -0.2) is 4.98 Å². The van der Waals surface area contributed by atoms with Crippen molar-refractivity contribution in [2.75, 3.05) is 47.0 Å². The first-order valence-electron chi connectivity index (χ1n) is 11.5. The van der Waals surface area contributed by atoms with Crippen LogP contribution in [0.15, 0.2) is 29.3 Å². The van der Waals surface area contributed by atoms with Crippen LogP contribution < -0.4 is 15.4 Å². The molecule has 0 saturated carbocycles. The Morgan fingerprint density at radius 3 is 2.53 bits per heavy atom. The van der Waals surface area contributed by atoms with Gasteiger partial charge in [-0.05, 0) is 30.2 Å². The fourth-order valence-corrected chi connectivity index (χ4v) is 4.17. The summed E-state index contributed by atoms with van der Waals surface area (Å²) in [7, 11) is 3.44. The van der Waals surface area contributed by atoms with Crippen molar-refractivity contribution in [2.45, 2.75) is 39.3 Å². The molecule has 9 heteroatoms. The second-order valence-corrected chi connectivity index (χ2v) is 7.93. The predicted octanol–water partition coefficient (Wildman–Crippen LogP) is 2.28. The van der Waals surface area contributed by atoms with Gasteiger partial charge < -0.3 is 20.1 Å². The minimum atomic E-state index is 0.458. The maximum Gasteiger partial charge on any atom is 0.191 e. The van der Waals surface area contributed by atoms with E-state index in [9.17, 15) is 0 Å². The van der Waals surface area contributed by atoms with E-state index < -0.39 is 0 Å². The minimum Gasteiger partial charge on any atom is -0.497 e. The first-order valence-corrected chi connectivity index (χ1v) is 11.5. The molecule has 0 radical (unpaired) electrons. The Morgan fingerprint density at radius 2 is 1.91 bits per heavy atom. The summed E-state index contributed by atoms with van der Waals surface area (Å²) < 4.78 is 10.8. The van der Waals surface area contributed by atoms with Gasteiger partial charge in [0.25, 0.3) is 0 Å². The Kier molecular flexibility index (Phi) is 9.30. The number of guanidine groups is 1. The number of nitrogens with one attached hydrogen (secondary N) is 3. The van der Waals surface area contributed by atoms with Crippen molar-refractivity contribution in [2.24, 2.45) is 10.9 Å². The summed E-state index contributed by atoms with van der Waals surface area (Å²) in [5.41, 5.74) is 0.939. The molecule has 3 rings (SSSR count). The number of nitrogens with zero attached hydrogens (tertiary/aromatic N) is 4. The summed E-state index contributed by atoms with van der Waals surface area (Å²) in [6.45, 7) is 9.51. The molecule has 2 aromatic rings. The van der Waals surface area contributed by atoms with Crippen LogP contribution in [0.1, 0.15) is 32.5 Å². The van der Waals surface area contributed by atoms with Crippen molar-refractivity contribution in [3.05, 3.63) is 30.1 Å². The molecular formula is C23H37N7O2. The lowest BCUT2D eigenvalue weighted by Crippen LogP contribution is -2.53. The molecular weight excluding hydrogens is 406 g/mol. The molecule has 1 saturated heterocycles. The van der Waals surface area contributed by atoms with Crippen molar-refractivity contribution in [1.29, 1.82) is 0 Å². The van der Waals surface area contributed by atoms with Gasteiger partial charge in [-0.15, -0.1) is 0 Å². The summed E-state index contributed by atoms with van der Waals surface area (Å²) in [5.74, 6) is 3.62. The summed E-state index contributed by atoms with van der Waals surface area (Å²) in [6, 6.07) is 8.16. The first kappa shape index (κ1) is 24.0. The van der Waals surface area contributed by atoms with E-state index in [2.05, 4.69) is 49.6 Å². The van der Waals surface area contributed by atoms with E-state index >= 15 is 0 Å². The summed E-state index contributed by atoms with van der Waals surface area (Å²) in [6.07, 6.45) is 2.33. The molecule has 32 heavy (non-hydrogen) atoms. The normalized spacial score (nSPS) is 16.2. The van der Waals surface area contributed by atoms with Gasteiger partial charge in [-0.2, -0.15) is 5.10 Å². The molecule has 2 heterocycles. The van der Waals surface area contributed by atoms with Crippen LogP contribution >= 0.6 is 0 Å². The number of benzene rings is 1. The Balaban J connectivity index is 1.55. The Hall–Kier alpha value is -2.65. The lowest BCUT2D eigenvalue weighted by molar-refractivity contribution is 0.00272.